The van der Waals surface area contributed by atoms with Gasteiger partial charge in [0.2, 0.25) is 0 Å². The number of halogens is 2. The molecule has 2 N–H and O–H groups in total. The first-order valence-electron chi connectivity index (χ1n) is 6.03. The van der Waals surface area contributed by atoms with Crippen molar-refractivity contribution in [2.75, 3.05) is 33.9 Å². The van der Waals surface area contributed by atoms with Crippen molar-refractivity contribution in [2.24, 2.45) is 5.73 Å². The second kappa shape index (κ2) is 8.04. The molecule has 0 aliphatic rings. The fraction of sp³-hybridized carbons (Fsp3) is 0.538. The van der Waals surface area contributed by atoms with Crippen molar-refractivity contribution in [1.29, 1.82) is 0 Å². The van der Waals surface area contributed by atoms with Crippen molar-refractivity contribution < 1.29 is 18.3 Å². The molecule has 0 fully saturated rings. The van der Waals surface area contributed by atoms with E-state index in [0.29, 0.717) is 25.3 Å². The normalized spacial score (nSPS) is 13.0. The van der Waals surface area contributed by atoms with E-state index in [0.717, 1.165) is 0 Å². The van der Waals surface area contributed by atoms with Crippen LogP contribution in [-0.4, -0.2) is 45.4 Å². The summed E-state index contributed by atoms with van der Waals surface area (Å²) in [7, 11) is 3.48. The zero-order chi connectivity index (χ0) is 14.3. The van der Waals surface area contributed by atoms with Crippen molar-refractivity contribution >= 4 is 0 Å². The maximum absolute atomic E-state index is 12.4. The van der Waals surface area contributed by atoms with Crippen LogP contribution in [0.25, 0.3) is 0 Å². The average molecular weight is 274 g/mol. The monoisotopic (exact) mass is 274 g/mol. The minimum Gasteiger partial charge on any atom is -0.434 e. The van der Waals surface area contributed by atoms with Crippen LogP contribution in [0.3, 0.4) is 0 Å². The summed E-state index contributed by atoms with van der Waals surface area (Å²) >= 11 is 0. The van der Waals surface area contributed by atoms with Crippen molar-refractivity contribution in [3.63, 3.8) is 0 Å². The molecule has 1 aromatic rings. The lowest BCUT2D eigenvalue weighted by Crippen LogP contribution is -2.33. The molecule has 0 radical (unpaired) electrons. The highest BCUT2D eigenvalue weighted by Gasteiger charge is 2.20. The van der Waals surface area contributed by atoms with E-state index in [2.05, 4.69) is 4.74 Å². The van der Waals surface area contributed by atoms with Gasteiger partial charge in [0.1, 0.15) is 5.75 Å². The van der Waals surface area contributed by atoms with Crippen molar-refractivity contribution in [3.8, 4) is 5.75 Å². The largest absolute Gasteiger partial charge is 0.434 e. The Bertz CT molecular complexity index is 377. The van der Waals surface area contributed by atoms with Crippen molar-refractivity contribution in [2.45, 2.75) is 12.7 Å². The summed E-state index contributed by atoms with van der Waals surface area (Å²) in [6, 6.07) is 6.52. The second-order valence-electron chi connectivity index (χ2n) is 4.14. The quantitative estimate of drug-likeness (QED) is 0.786. The number of para-hydroxylation sites is 1. The summed E-state index contributed by atoms with van der Waals surface area (Å²) in [5.74, 6) is 0.164. The number of ether oxygens (including phenoxy) is 2. The van der Waals surface area contributed by atoms with Crippen LogP contribution < -0.4 is 10.5 Å². The number of hydrogen-bond donors (Lipinski definition) is 1. The molecular weight excluding hydrogens is 254 g/mol. The number of hydrogen-bond acceptors (Lipinski definition) is 4. The third-order valence-electron chi connectivity index (χ3n) is 2.90. The number of likely N-dealkylation sites (N-methyl/N-ethyl adjacent to an activating group) is 1. The van der Waals surface area contributed by atoms with E-state index < -0.39 is 6.61 Å². The Morgan fingerprint density at radius 2 is 2.00 bits per heavy atom. The summed E-state index contributed by atoms with van der Waals surface area (Å²) in [5, 5.41) is 0. The third-order valence-corrected chi connectivity index (χ3v) is 2.90. The molecule has 0 saturated heterocycles. The lowest BCUT2D eigenvalue weighted by Gasteiger charge is -2.28. The highest BCUT2D eigenvalue weighted by atomic mass is 19.3. The van der Waals surface area contributed by atoms with E-state index in [1.807, 2.05) is 11.9 Å². The topological polar surface area (TPSA) is 47.7 Å². The maximum Gasteiger partial charge on any atom is 0.387 e. The number of alkyl halides is 2. The Labute approximate surface area is 112 Å². The van der Waals surface area contributed by atoms with E-state index in [1.54, 1.807) is 25.3 Å². The molecule has 1 atom stereocenters. The molecule has 0 aliphatic carbocycles. The standard InChI is InChI=1S/C13H20F2N2O2/c1-17(7-8-18-2)11(9-16)10-5-3-4-6-12(10)19-13(14)15/h3-6,11,13H,7-9,16H2,1-2H3. The molecule has 0 spiro atoms. The fourth-order valence-electron chi connectivity index (χ4n) is 1.89. The maximum atomic E-state index is 12.4. The predicted molar refractivity (Wildman–Crippen MR) is 69.4 cm³/mol. The molecule has 0 saturated carbocycles. The Balaban J connectivity index is 2.90. The summed E-state index contributed by atoms with van der Waals surface area (Å²) in [6.45, 7) is -1.33. The molecule has 4 nitrogen and oxygen atoms in total. The van der Waals surface area contributed by atoms with Crippen molar-refractivity contribution in [1.82, 2.24) is 4.90 Å². The van der Waals surface area contributed by atoms with Gasteiger partial charge in [0, 0.05) is 25.8 Å². The second-order valence-corrected chi connectivity index (χ2v) is 4.14. The molecular formula is C13H20F2N2O2. The van der Waals surface area contributed by atoms with E-state index in [1.165, 1.54) is 6.07 Å². The van der Waals surface area contributed by atoms with Crippen molar-refractivity contribution in [3.05, 3.63) is 29.8 Å². The number of nitrogens with zero attached hydrogens (tertiary/aromatic N) is 1. The number of nitrogens with two attached hydrogens (primary N) is 1. The molecule has 0 heterocycles. The minimum absolute atomic E-state index is 0.164. The van der Waals surface area contributed by atoms with Gasteiger partial charge in [-0.25, -0.2) is 0 Å². The summed E-state index contributed by atoms with van der Waals surface area (Å²) < 4.78 is 34.3. The van der Waals surface area contributed by atoms with E-state index >= 15 is 0 Å². The molecule has 0 amide bonds. The Kier molecular flexibility index (Phi) is 6.69. The van der Waals surface area contributed by atoms with Gasteiger partial charge in [0.25, 0.3) is 0 Å². The first-order chi connectivity index (χ1) is 9.10. The van der Waals surface area contributed by atoms with Gasteiger partial charge in [-0.2, -0.15) is 8.78 Å². The van der Waals surface area contributed by atoms with E-state index in [4.69, 9.17) is 10.5 Å². The highest BCUT2D eigenvalue weighted by molar-refractivity contribution is 5.36. The Morgan fingerprint density at radius 3 is 2.58 bits per heavy atom. The SMILES string of the molecule is COCCN(C)C(CN)c1ccccc1OC(F)F. The molecule has 108 valence electrons. The predicted octanol–water partition coefficient (Wildman–Crippen LogP) is 1.87. The Hall–Kier alpha value is -1.24. The fourth-order valence-corrected chi connectivity index (χ4v) is 1.89. The van der Waals surface area contributed by atoms with Gasteiger partial charge >= 0.3 is 6.61 Å². The lowest BCUT2D eigenvalue weighted by atomic mass is 10.0. The van der Waals surface area contributed by atoms with Crippen LogP contribution in [0.4, 0.5) is 8.78 Å². The van der Waals surface area contributed by atoms with Gasteiger partial charge in [-0.3, -0.25) is 4.90 Å². The summed E-state index contributed by atoms with van der Waals surface area (Å²) in [6.07, 6.45) is 0. The zero-order valence-corrected chi connectivity index (χ0v) is 11.2. The summed E-state index contributed by atoms with van der Waals surface area (Å²) in [4.78, 5) is 1.96. The zero-order valence-electron chi connectivity index (χ0n) is 11.2. The molecule has 1 unspecified atom stereocenters. The first-order valence-corrected chi connectivity index (χ1v) is 6.03. The van der Waals surface area contributed by atoms with Crippen LogP contribution >= 0.6 is 0 Å². The van der Waals surface area contributed by atoms with E-state index in [-0.39, 0.29) is 11.8 Å². The van der Waals surface area contributed by atoms with Gasteiger partial charge in [-0.05, 0) is 13.1 Å². The minimum atomic E-state index is -2.84. The average Bonchev–Trinajstić information content (AvgIpc) is 2.38. The number of benzene rings is 1. The highest BCUT2D eigenvalue weighted by Crippen LogP contribution is 2.29. The number of methoxy groups -OCH3 is 1. The molecule has 0 aliphatic heterocycles. The molecule has 0 bridgehead atoms. The van der Waals surface area contributed by atoms with Crippen LogP contribution in [0.5, 0.6) is 5.75 Å². The van der Waals surface area contributed by atoms with Gasteiger partial charge in [0.15, 0.2) is 0 Å². The van der Waals surface area contributed by atoms with Gasteiger partial charge in [-0.1, -0.05) is 18.2 Å². The van der Waals surface area contributed by atoms with E-state index in [9.17, 15) is 8.78 Å². The van der Waals surface area contributed by atoms with Gasteiger partial charge in [0.05, 0.1) is 12.6 Å². The smallest absolute Gasteiger partial charge is 0.387 e. The lowest BCUT2D eigenvalue weighted by molar-refractivity contribution is -0.0511. The molecule has 0 aromatic heterocycles. The third kappa shape index (κ3) is 4.74. The molecule has 19 heavy (non-hydrogen) atoms. The molecule has 1 aromatic carbocycles. The molecule has 6 heteroatoms. The summed E-state index contributed by atoms with van der Waals surface area (Å²) in [5.41, 5.74) is 6.41. The van der Waals surface area contributed by atoms with Crippen LogP contribution in [0.1, 0.15) is 11.6 Å². The van der Waals surface area contributed by atoms with Crippen LogP contribution in [-0.2, 0) is 4.74 Å². The van der Waals surface area contributed by atoms with Gasteiger partial charge in [-0.15, -0.1) is 0 Å². The molecule has 1 rings (SSSR count). The van der Waals surface area contributed by atoms with Crippen LogP contribution in [0, 0.1) is 0 Å². The van der Waals surface area contributed by atoms with Gasteiger partial charge < -0.3 is 15.2 Å². The van der Waals surface area contributed by atoms with Crippen LogP contribution in [0.2, 0.25) is 0 Å². The number of rotatable bonds is 8. The Morgan fingerprint density at radius 1 is 1.32 bits per heavy atom. The first kappa shape index (κ1) is 15.8. The van der Waals surface area contributed by atoms with Crippen LogP contribution in [0.15, 0.2) is 24.3 Å².